The number of aliphatic hydroxyl groups excluding tert-OH is 1. The van der Waals surface area contributed by atoms with Crippen LogP contribution in [0.1, 0.15) is 107 Å². The predicted octanol–water partition coefficient (Wildman–Crippen LogP) is 4.25. The lowest BCUT2D eigenvalue weighted by Gasteiger charge is -2.35. The molecule has 2 aromatic heterocycles. The highest BCUT2D eigenvalue weighted by atomic mass is 32.1. The maximum Gasteiger partial charge on any atom is 0.246 e. The Balaban J connectivity index is 1.27. The molecule has 1 aliphatic rings. The summed E-state index contributed by atoms with van der Waals surface area (Å²) in [6.07, 6.45) is 5.12. The first kappa shape index (κ1) is 39.6. The lowest BCUT2D eigenvalue weighted by molar-refractivity contribution is -0.144. The molecule has 1 aromatic carbocycles. The van der Waals surface area contributed by atoms with E-state index in [2.05, 4.69) is 20.6 Å². The minimum atomic E-state index is -0.871. The molecule has 0 spiro atoms. The molecule has 1 aliphatic heterocycles. The first-order valence-corrected chi connectivity index (χ1v) is 18.6. The van der Waals surface area contributed by atoms with Gasteiger partial charge in [-0.3, -0.25) is 24.2 Å². The van der Waals surface area contributed by atoms with Crippen LogP contribution in [-0.2, 0) is 25.6 Å². The first-order chi connectivity index (χ1) is 24.1. The number of nitrogens with one attached hydrogen (secondary N) is 2. The molecule has 0 bridgehead atoms. The van der Waals surface area contributed by atoms with E-state index in [-0.39, 0.29) is 61.5 Å². The largest absolute Gasteiger partial charge is 0.391 e. The topological polar surface area (TPSA) is 194 Å². The summed E-state index contributed by atoms with van der Waals surface area (Å²) in [5.74, 6) is -1.34. The third kappa shape index (κ3) is 11.1. The number of aryl methyl sites for hydroxylation is 2. The molecule has 0 radical (unpaired) electrons. The summed E-state index contributed by atoms with van der Waals surface area (Å²) in [7, 11) is 0. The SMILES string of the molecule is Cc1ncsc1-c1ccc([C@H](C)NC(=O)[C@@H]2C[C@@H](O)CN2C(=O)[C@@H](NC(=O)CCCCCc2ccc([C@@H](N)CCC(N)=O)nc2)C(C)(C)C)cc1. The van der Waals surface area contributed by atoms with Crippen molar-refractivity contribution in [2.24, 2.45) is 16.9 Å². The van der Waals surface area contributed by atoms with Crippen LogP contribution in [0.5, 0.6) is 0 Å². The number of benzene rings is 1. The van der Waals surface area contributed by atoms with E-state index < -0.39 is 23.6 Å². The highest BCUT2D eigenvalue weighted by Gasteiger charge is 2.44. The van der Waals surface area contributed by atoms with E-state index in [1.165, 1.54) is 4.90 Å². The molecule has 4 rings (SSSR count). The van der Waals surface area contributed by atoms with Crippen molar-refractivity contribution in [3.63, 3.8) is 0 Å². The average Bonchev–Trinajstić information content (AvgIpc) is 3.70. The highest BCUT2D eigenvalue weighted by molar-refractivity contribution is 7.13. The normalized spacial score (nSPS) is 17.8. The Bertz CT molecular complexity index is 1640. The number of carbonyl (C=O) groups excluding carboxylic acids is 4. The van der Waals surface area contributed by atoms with Gasteiger partial charge in [-0.1, -0.05) is 57.5 Å². The number of rotatable bonds is 16. The Labute approximate surface area is 304 Å². The van der Waals surface area contributed by atoms with Gasteiger partial charge < -0.3 is 32.1 Å². The molecule has 0 saturated carbocycles. The zero-order valence-corrected chi connectivity index (χ0v) is 31.2. The number of amides is 4. The number of hydrogen-bond donors (Lipinski definition) is 5. The number of thiazole rings is 1. The van der Waals surface area contributed by atoms with E-state index in [9.17, 15) is 24.3 Å². The minimum absolute atomic E-state index is 0.0196. The summed E-state index contributed by atoms with van der Waals surface area (Å²) in [6, 6.07) is 9.42. The van der Waals surface area contributed by atoms with Gasteiger partial charge in [0.2, 0.25) is 23.6 Å². The molecular formula is C38H53N7O5S. The first-order valence-electron chi connectivity index (χ1n) is 17.7. The zero-order valence-electron chi connectivity index (χ0n) is 30.4. The van der Waals surface area contributed by atoms with Crippen LogP contribution >= 0.6 is 11.3 Å². The number of aliphatic hydroxyl groups is 1. The van der Waals surface area contributed by atoms with Gasteiger partial charge in [-0.25, -0.2) is 4.98 Å². The summed E-state index contributed by atoms with van der Waals surface area (Å²) < 4.78 is 0. The molecule has 1 saturated heterocycles. The fraction of sp³-hybridized carbons (Fsp3) is 0.526. The number of likely N-dealkylation sites (tertiary alicyclic amines) is 1. The third-order valence-electron chi connectivity index (χ3n) is 9.36. The lowest BCUT2D eigenvalue weighted by atomic mass is 9.85. The zero-order chi connectivity index (χ0) is 37.3. The van der Waals surface area contributed by atoms with Gasteiger partial charge >= 0.3 is 0 Å². The Morgan fingerprint density at radius 2 is 1.75 bits per heavy atom. The molecule has 0 unspecified atom stereocenters. The van der Waals surface area contributed by atoms with Gasteiger partial charge in [-0.05, 0) is 67.7 Å². The van der Waals surface area contributed by atoms with Crippen LogP contribution in [0.25, 0.3) is 10.4 Å². The third-order valence-corrected chi connectivity index (χ3v) is 10.3. The quantitative estimate of drug-likeness (QED) is 0.136. The van der Waals surface area contributed by atoms with Crippen LogP contribution in [0.4, 0.5) is 0 Å². The number of aromatic nitrogens is 2. The predicted molar refractivity (Wildman–Crippen MR) is 198 cm³/mol. The summed E-state index contributed by atoms with van der Waals surface area (Å²) in [5, 5.41) is 16.5. The van der Waals surface area contributed by atoms with Crippen LogP contribution in [0.2, 0.25) is 0 Å². The number of primary amides is 1. The van der Waals surface area contributed by atoms with Gasteiger partial charge in [0, 0.05) is 38.0 Å². The van der Waals surface area contributed by atoms with E-state index in [1.54, 1.807) is 17.5 Å². The highest BCUT2D eigenvalue weighted by Crippen LogP contribution is 2.30. The van der Waals surface area contributed by atoms with E-state index in [0.717, 1.165) is 46.5 Å². The Hall–Kier alpha value is -4.20. The second-order valence-electron chi connectivity index (χ2n) is 14.6. The molecular weight excluding hydrogens is 667 g/mol. The van der Waals surface area contributed by atoms with Gasteiger partial charge in [-0.15, -0.1) is 11.3 Å². The maximum absolute atomic E-state index is 14.0. The van der Waals surface area contributed by atoms with Crippen LogP contribution in [-0.4, -0.2) is 68.3 Å². The van der Waals surface area contributed by atoms with Gasteiger partial charge in [0.1, 0.15) is 12.1 Å². The number of carbonyl (C=O) groups is 4. The molecule has 51 heavy (non-hydrogen) atoms. The summed E-state index contributed by atoms with van der Waals surface area (Å²) in [4.78, 5) is 62.9. The second-order valence-corrected chi connectivity index (χ2v) is 15.5. The summed E-state index contributed by atoms with van der Waals surface area (Å²) in [6.45, 7) is 9.51. The van der Waals surface area contributed by atoms with Gasteiger partial charge in [0.05, 0.1) is 33.9 Å². The number of nitrogens with zero attached hydrogens (tertiary/aromatic N) is 3. The Kier molecular flexibility index (Phi) is 13.8. The van der Waals surface area contributed by atoms with E-state index in [1.807, 2.05) is 76.5 Å². The van der Waals surface area contributed by atoms with Gasteiger partial charge in [0.15, 0.2) is 0 Å². The molecule has 3 aromatic rings. The van der Waals surface area contributed by atoms with Crippen molar-refractivity contribution in [2.45, 2.75) is 116 Å². The minimum Gasteiger partial charge on any atom is -0.391 e. The van der Waals surface area contributed by atoms with Gasteiger partial charge in [0.25, 0.3) is 0 Å². The molecule has 4 amide bonds. The standard InChI is InChI=1S/C38H53N7O5S/c1-23(26-12-14-27(15-13-26)34-24(2)42-22-51-34)43-36(49)31-19-28(46)21-45(31)37(50)35(38(3,4)5)44-33(48)10-8-6-7-9-25-11-17-30(41-20-25)29(39)16-18-32(40)47/h11-15,17,20,22-23,28-29,31,35,46H,6-10,16,18-19,21,39H2,1-5H3,(H2,40,47)(H,43,49)(H,44,48)/t23-,28+,29-,31-,35+/m0/s1. The van der Waals surface area contributed by atoms with Crippen LogP contribution in [0.3, 0.4) is 0 Å². The van der Waals surface area contributed by atoms with Crippen molar-refractivity contribution < 1.29 is 24.3 Å². The molecule has 0 aliphatic carbocycles. The fourth-order valence-corrected chi connectivity index (χ4v) is 7.10. The molecule has 3 heterocycles. The van der Waals surface area contributed by atoms with Crippen molar-refractivity contribution in [3.05, 3.63) is 70.6 Å². The fourth-order valence-electron chi connectivity index (χ4n) is 6.29. The Morgan fingerprint density at radius 1 is 1.02 bits per heavy atom. The van der Waals surface area contributed by atoms with Crippen LogP contribution in [0, 0.1) is 12.3 Å². The monoisotopic (exact) mass is 719 g/mol. The van der Waals surface area contributed by atoms with Gasteiger partial charge in [-0.2, -0.15) is 0 Å². The molecule has 5 atom stereocenters. The number of pyridine rings is 1. The summed E-state index contributed by atoms with van der Waals surface area (Å²) in [5.41, 5.74) is 17.2. The van der Waals surface area contributed by atoms with Crippen molar-refractivity contribution in [2.75, 3.05) is 6.54 Å². The average molecular weight is 720 g/mol. The van der Waals surface area contributed by atoms with Crippen molar-refractivity contribution in [1.82, 2.24) is 25.5 Å². The number of hydrogen-bond acceptors (Lipinski definition) is 9. The Morgan fingerprint density at radius 3 is 2.35 bits per heavy atom. The van der Waals surface area contributed by atoms with E-state index in [4.69, 9.17) is 11.5 Å². The molecule has 13 heteroatoms. The lowest BCUT2D eigenvalue weighted by Crippen LogP contribution is -2.57. The molecule has 1 fully saturated rings. The van der Waals surface area contributed by atoms with E-state index in [0.29, 0.717) is 18.5 Å². The number of unbranched alkanes of at least 4 members (excludes halogenated alkanes) is 2. The second kappa shape index (κ2) is 17.8. The van der Waals surface area contributed by atoms with Crippen LogP contribution in [0.15, 0.2) is 48.1 Å². The van der Waals surface area contributed by atoms with E-state index >= 15 is 0 Å². The van der Waals surface area contributed by atoms with Crippen molar-refractivity contribution in [3.8, 4) is 10.4 Å². The number of nitrogens with two attached hydrogens (primary N) is 2. The van der Waals surface area contributed by atoms with Crippen LogP contribution < -0.4 is 22.1 Å². The number of β-amino-alcohol motifs (C(OH)–C–C–N with tert-alkyl or cyclic N) is 1. The molecule has 276 valence electrons. The molecule has 12 nitrogen and oxygen atoms in total. The van der Waals surface area contributed by atoms with Crippen molar-refractivity contribution >= 4 is 35.0 Å². The summed E-state index contributed by atoms with van der Waals surface area (Å²) >= 11 is 1.58. The maximum atomic E-state index is 14.0. The smallest absolute Gasteiger partial charge is 0.246 e. The van der Waals surface area contributed by atoms with Crippen molar-refractivity contribution in [1.29, 1.82) is 0 Å². The molecule has 7 N–H and O–H groups in total.